The zero-order chi connectivity index (χ0) is 9.26. The van der Waals surface area contributed by atoms with Crippen LogP contribution in [0.4, 0.5) is 0 Å². The first kappa shape index (κ1) is 8.57. The molecule has 1 aromatic rings. The highest BCUT2D eigenvalue weighted by molar-refractivity contribution is 5.40. The van der Waals surface area contributed by atoms with Crippen molar-refractivity contribution in [1.29, 1.82) is 0 Å². The van der Waals surface area contributed by atoms with Crippen LogP contribution in [-0.4, -0.2) is 6.61 Å². The summed E-state index contributed by atoms with van der Waals surface area (Å²) in [5.41, 5.74) is 8.49. The number of benzene rings is 1. The largest absolute Gasteiger partial charge is 0.493 e. The van der Waals surface area contributed by atoms with Gasteiger partial charge in [0, 0.05) is 18.0 Å². The molecule has 0 radical (unpaired) electrons. The molecule has 2 heteroatoms. The Hall–Kier alpha value is -1.02. The molecule has 0 saturated heterocycles. The van der Waals surface area contributed by atoms with E-state index in [4.69, 9.17) is 10.5 Å². The summed E-state index contributed by atoms with van der Waals surface area (Å²) in [5.74, 6) is 0.968. The molecule has 1 heterocycles. The molecular weight excluding hydrogens is 162 g/mol. The van der Waals surface area contributed by atoms with E-state index in [2.05, 4.69) is 19.1 Å². The number of aryl methyl sites for hydroxylation is 1. The highest BCUT2D eigenvalue weighted by Crippen LogP contribution is 2.31. The van der Waals surface area contributed by atoms with Crippen LogP contribution in [0.15, 0.2) is 18.2 Å². The van der Waals surface area contributed by atoms with Crippen LogP contribution in [0.2, 0.25) is 0 Å². The van der Waals surface area contributed by atoms with E-state index < -0.39 is 0 Å². The Bertz CT molecular complexity index is 309. The first-order valence-corrected chi connectivity index (χ1v) is 4.82. The van der Waals surface area contributed by atoms with E-state index >= 15 is 0 Å². The predicted molar refractivity (Wildman–Crippen MR) is 52.9 cm³/mol. The molecule has 0 saturated carbocycles. The number of hydrogen-bond donors (Lipinski definition) is 1. The van der Waals surface area contributed by atoms with Crippen molar-refractivity contribution >= 4 is 0 Å². The molecule has 1 aromatic carbocycles. The van der Waals surface area contributed by atoms with Gasteiger partial charge in [0.1, 0.15) is 5.75 Å². The van der Waals surface area contributed by atoms with Crippen molar-refractivity contribution in [3.63, 3.8) is 0 Å². The zero-order valence-corrected chi connectivity index (χ0v) is 7.92. The lowest BCUT2D eigenvalue weighted by atomic mass is 9.98. The molecule has 0 amide bonds. The second kappa shape index (κ2) is 3.38. The van der Waals surface area contributed by atoms with E-state index in [1.807, 2.05) is 6.07 Å². The Kier molecular flexibility index (Phi) is 2.23. The minimum atomic E-state index is 0.162. The number of hydrogen-bond acceptors (Lipinski definition) is 2. The van der Waals surface area contributed by atoms with Crippen LogP contribution in [0.1, 0.15) is 30.5 Å². The van der Waals surface area contributed by atoms with Gasteiger partial charge in [-0.1, -0.05) is 19.1 Å². The molecule has 2 rings (SSSR count). The fraction of sp³-hybridized carbons (Fsp3) is 0.455. The van der Waals surface area contributed by atoms with Crippen molar-refractivity contribution < 1.29 is 4.74 Å². The summed E-state index contributed by atoms with van der Waals surface area (Å²) >= 11 is 0. The molecule has 1 atom stereocenters. The van der Waals surface area contributed by atoms with Crippen LogP contribution in [0.5, 0.6) is 5.75 Å². The average molecular weight is 177 g/mol. The van der Waals surface area contributed by atoms with Crippen LogP contribution < -0.4 is 10.5 Å². The quantitative estimate of drug-likeness (QED) is 0.712. The van der Waals surface area contributed by atoms with Gasteiger partial charge in [-0.15, -0.1) is 0 Å². The summed E-state index contributed by atoms with van der Waals surface area (Å²) in [7, 11) is 0. The molecule has 0 aliphatic carbocycles. The lowest BCUT2D eigenvalue weighted by Gasteiger charge is -2.23. The first-order chi connectivity index (χ1) is 6.31. The maximum absolute atomic E-state index is 5.99. The van der Waals surface area contributed by atoms with Crippen molar-refractivity contribution in [1.82, 2.24) is 0 Å². The molecule has 70 valence electrons. The summed E-state index contributed by atoms with van der Waals surface area (Å²) in [6, 6.07) is 6.47. The third-order valence-electron chi connectivity index (χ3n) is 2.57. The van der Waals surface area contributed by atoms with Crippen LogP contribution >= 0.6 is 0 Å². The van der Waals surface area contributed by atoms with Crippen LogP contribution in [0, 0.1) is 0 Å². The highest BCUT2D eigenvalue weighted by atomic mass is 16.5. The fourth-order valence-corrected chi connectivity index (χ4v) is 1.69. The van der Waals surface area contributed by atoms with Gasteiger partial charge in [0.2, 0.25) is 0 Å². The molecule has 0 spiro atoms. The third kappa shape index (κ3) is 1.54. The number of fused-ring (bicyclic) bond motifs is 1. The van der Waals surface area contributed by atoms with Crippen molar-refractivity contribution in [3.8, 4) is 5.75 Å². The van der Waals surface area contributed by atoms with Gasteiger partial charge < -0.3 is 10.5 Å². The van der Waals surface area contributed by atoms with E-state index in [9.17, 15) is 0 Å². The standard InChI is InChI=1S/C11H15NO/c1-2-8-3-4-11-9(7-8)10(12)5-6-13-11/h3-4,7,10H,2,5-6,12H2,1H3/t10-/m0/s1. The second-order valence-electron chi connectivity index (χ2n) is 3.47. The monoisotopic (exact) mass is 177 g/mol. The summed E-state index contributed by atoms with van der Waals surface area (Å²) in [6.07, 6.45) is 1.99. The Morgan fingerprint density at radius 2 is 2.38 bits per heavy atom. The average Bonchev–Trinajstić information content (AvgIpc) is 2.18. The maximum atomic E-state index is 5.99. The number of ether oxygens (including phenoxy) is 1. The molecule has 2 nitrogen and oxygen atoms in total. The van der Waals surface area contributed by atoms with E-state index in [0.29, 0.717) is 0 Å². The Labute approximate surface area is 78.7 Å². The normalized spacial score (nSPS) is 20.6. The minimum Gasteiger partial charge on any atom is -0.493 e. The van der Waals surface area contributed by atoms with Gasteiger partial charge in [-0.3, -0.25) is 0 Å². The van der Waals surface area contributed by atoms with E-state index in [0.717, 1.165) is 25.2 Å². The van der Waals surface area contributed by atoms with Gasteiger partial charge in [0.15, 0.2) is 0 Å². The summed E-state index contributed by atoms with van der Waals surface area (Å²) in [6.45, 7) is 2.90. The lowest BCUT2D eigenvalue weighted by Crippen LogP contribution is -2.20. The number of nitrogens with two attached hydrogens (primary N) is 1. The van der Waals surface area contributed by atoms with E-state index in [1.165, 1.54) is 11.1 Å². The van der Waals surface area contributed by atoms with E-state index in [-0.39, 0.29) is 6.04 Å². The van der Waals surface area contributed by atoms with Gasteiger partial charge >= 0.3 is 0 Å². The maximum Gasteiger partial charge on any atom is 0.124 e. The molecule has 2 N–H and O–H groups in total. The van der Waals surface area contributed by atoms with Gasteiger partial charge in [-0.25, -0.2) is 0 Å². The summed E-state index contributed by atoms with van der Waals surface area (Å²) in [5, 5.41) is 0. The molecular formula is C11H15NO. The number of rotatable bonds is 1. The fourth-order valence-electron chi connectivity index (χ4n) is 1.69. The molecule has 0 bridgehead atoms. The van der Waals surface area contributed by atoms with Crippen molar-refractivity contribution in [2.24, 2.45) is 5.73 Å². The second-order valence-corrected chi connectivity index (χ2v) is 3.47. The predicted octanol–water partition coefficient (Wildman–Crippen LogP) is 2.03. The Morgan fingerprint density at radius 1 is 1.54 bits per heavy atom. The van der Waals surface area contributed by atoms with Gasteiger partial charge in [-0.05, 0) is 18.1 Å². The van der Waals surface area contributed by atoms with Crippen LogP contribution in [0.3, 0.4) is 0 Å². The zero-order valence-electron chi connectivity index (χ0n) is 7.92. The molecule has 0 fully saturated rings. The Balaban J connectivity index is 2.41. The molecule has 1 aliphatic heterocycles. The van der Waals surface area contributed by atoms with Crippen molar-refractivity contribution in [2.45, 2.75) is 25.8 Å². The summed E-state index contributed by atoms with van der Waals surface area (Å²) < 4.78 is 5.51. The SMILES string of the molecule is CCc1ccc2c(c1)[C@@H](N)CCO2. The van der Waals surface area contributed by atoms with Gasteiger partial charge in [0.25, 0.3) is 0 Å². The minimum absolute atomic E-state index is 0.162. The molecule has 13 heavy (non-hydrogen) atoms. The summed E-state index contributed by atoms with van der Waals surface area (Å²) in [4.78, 5) is 0. The molecule has 0 unspecified atom stereocenters. The lowest BCUT2D eigenvalue weighted by molar-refractivity contribution is 0.269. The van der Waals surface area contributed by atoms with Crippen LogP contribution in [-0.2, 0) is 6.42 Å². The highest BCUT2D eigenvalue weighted by Gasteiger charge is 2.17. The van der Waals surface area contributed by atoms with Gasteiger partial charge in [0.05, 0.1) is 6.61 Å². The third-order valence-corrected chi connectivity index (χ3v) is 2.57. The smallest absolute Gasteiger partial charge is 0.124 e. The molecule has 1 aliphatic rings. The topological polar surface area (TPSA) is 35.2 Å². The molecule has 0 aromatic heterocycles. The first-order valence-electron chi connectivity index (χ1n) is 4.82. The van der Waals surface area contributed by atoms with E-state index in [1.54, 1.807) is 0 Å². The van der Waals surface area contributed by atoms with Crippen molar-refractivity contribution in [3.05, 3.63) is 29.3 Å². The Morgan fingerprint density at radius 3 is 3.15 bits per heavy atom. The van der Waals surface area contributed by atoms with Crippen molar-refractivity contribution in [2.75, 3.05) is 6.61 Å². The van der Waals surface area contributed by atoms with Crippen LogP contribution in [0.25, 0.3) is 0 Å². The van der Waals surface area contributed by atoms with Gasteiger partial charge in [-0.2, -0.15) is 0 Å².